The van der Waals surface area contributed by atoms with Crippen LogP contribution in [0.15, 0.2) is 46.3 Å². The van der Waals surface area contributed by atoms with E-state index in [1.165, 1.54) is 10.4 Å². The normalized spacial score (nSPS) is 10.2. The molecule has 0 saturated carbocycles. The van der Waals surface area contributed by atoms with E-state index in [4.69, 9.17) is 0 Å². The zero-order chi connectivity index (χ0) is 9.10. The highest BCUT2D eigenvalue weighted by atomic mass is 79.9. The topological polar surface area (TPSA) is 0 Å². The van der Waals surface area contributed by atoms with Crippen molar-refractivity contribution in [3.8, 4) is 0 Å². The molecule has 2 rings (SSSR count). The molecule has 1 aromatic carbocycles. The van der Waals surface area contributed by atoms with E-state index in [2.05, 4.69) is 57.7 Å². The number of thiophene rings is 1. The molecule has 0 aliphatic heterocycles. The average Bonchev–Trinajstić information content (AvgIpc) is 2.62. The minimum atomic E-state index is 1.05. The Morgan fingerprint density at radius 2 is 1.85 bits per heavy atom. The molecule has 2 heteroatoms. The third kappa shape index (κ3) is 2.42. The van der Waals surface area contributed by atoms with E-state index in [1.807, 2.05) is 11.3 Å². The van der Waals surface area contributed by atoms with Crippen molar-refractivity contribution in [2.24, 2.45) is 0 Å². The van der Waals surface area contributed by atoms with Crippen molar-refractivity contribution in [2.75, 3.05) is 0 Å². The summed E-state index contributed by atoms with van der Waals surface area (Å²) in [5.74, 6) is 0. The molecule has 1 aromatic heterocycles. The van der Waals surface area contributed by atoms with E-state index in [0.29, 0.717) is 0 Å². The van der Waals surface area contributed by atoms with Gasteiger partial charge in [-0.05, 0) is 29.1 Å². The maximum atomic E-state index is 3.43. The van der Waals surface area contributed by atoms with Crippen LogP contribution in [0.2, 0.25) is 0 Å². The first-order valence-corrected chi connectivity index (χ1v) is 5.79. The van der Waals surface area contributed by atoms with Gasteiger partial charge in [-0.25, -0.2) is 0 Å². The van der Waals surface area contributed by atoms with Gasteiger partial charge in [-0.1, -0.05) is 34.1 Å². The number of benzene rings is 1. The van der Waals surface area contributed by atoms with E-state index in [9.17, 15) is 0 Å². The lowest BCUT2D eigenvalue weighted by atomic mass is 10.1. The average molecular weight is 253 g/mol. The van der Waals surface area contributed by atoms with Crippen LogP contribution in [0, 0.1) is 0 Å². The van der Waals surface area contributed by atoms with Crippen molar-refractivity contribution >= 4 is 27.3 Å². The van der Waals surface area contributed by atoms with Crippen LogP contribution < -0.4 is 0 Å². The molecule has 0 aliphatic rings. The van der Waals surface area contributed by atoms with E-state index >= 15 is 0 Å². The summed E-state index contributed by atoms with van der Waals surface area (Å²) in [4.78, 5) is 1.42. The monoisotopic (exact) mass is 252 g/mol. The molecule has 1 heterocycles. The Labute approximate surface area is 90.4 Å². The van der Waals surface area contributed by atoms with E-state index in [1.54, 1.807) is 0 Å². The van der Waals surface area contributed by atoms with Gasteiger partial charge in [0.05, 0.1) is 0 Å². The quantitative estimate of drug-likeness (QED) is 0.755. The smallest absolute Gasteiger partial charge is 0.0175 e. The van der Waals surface area contributed by atoms with Gasteiger partial charge in [0.15, 0.2) is 0 Å². The summed E-state index contributed by atoms with van der Waals surface area (Å²) in [7, 11) is 0. The second kappa shape index (κ2) is 4.07. The van der Waals surface area contributed by atoms with Crippen LogP contribution in [0.25, 0.3) is 0 Å². The largest absolute Gasteiger partial charge is 0.149 e. The standard InChI is InChI=1S/C11H9BrS/c12-10-5-3-9(4-6-10)8-11-2-1-7-13-11/h1-7H,8H2. The van der Waals surface area contributed by atoms with Gasteiger partial charge < -0.3 is 0 Å². The van der Waals surface area contributed by atoms with Gasteiger partial charge in [0.25, 0.3) is 0 Å². The van der Waals surface area contributed by atoms with Crippen LogP contribution in [-0.2, 0) is 6.42 Å². The van der Waals surface area contributed by atoms with Crippen LogP contribution in [0.5, 0.6) is 0 Å². The predicted molar refractivity (Wildman–Crippen MR) is 61.3 cm³/mol. The molecule has 0 spiro atoms. The molecule has 0 nitrogen and oxygen atoms in total. The predicted octanol–water partition coefficient (Wildman–Crippen LogP) is 4.10. The third-order valence-electron chi connectivity index (χ3n) is 1.87. The van der Waals surface area contributed by atoms with Crippen molar-refractivity contribution < 1.29 is 0 Å². The van der Waals surface area contributed by atoms with Gasteiger partial charge >= 0.3 is 0 Å². The lowest BCUT2D eigenvalue weighted by Crippen LogP contribution is -1.82. The van der Waals surface area contributed by atoms with Gasteiger partial charge in [0.1, 0.15) is 0 Å². The summed E-state index contributed by atoms with van der Waals surface area (Å²) in [6.45, 7) is 0. The number of rotatable bonds is 2. The minimum absolute atomic E-state index is 1.05. The first-order valence-electron chi connectivity index (χ1n) is 4.11. The lowest BCUT2D eigenvalue weighted by molar-refractivity contribution is 1.24. The molecule has 2 aromatic rings. The molecule has 0 fully saturated rings. The first-order chi connectivity index (χ1) is 6.34. The molecule has 13 heavy (non-hydrogen) atoms. The fourth-order valence-corrected chi connectivity index (χ4v) is 2.22. The van der Waals surface area contributed by atoms with E-state index in [-0.39, 0.29) is 0 Å². The van der Waals surface area contributed by atoms with Crippen LogP contribution >= 0.6 is 27.3 Å². The highest BCUT2D eigenvalue weighted by Crippen LogP contribution is 2.16. The van der Waals surface area contributed by atoms with Crippen LogP contribution in [-0.4, -0.2) is 0 Å². The molecule has 66 valence electrons. The van der Waals surface area contributed by atoms with Gasteiger partial charge in [-0.3, -0.25) is 0 Å². The van der Waals surface area contributed by atoms with Crippen LogP contribution in [0.3, 0.4) is 0 Å². The molecule has 0 N–H and O–H groups in total. The molecule has 0 atom stereocenters. The number of hydrogen-bond acceptors (Lipinski definition) is 1. The van der Waals surface area contributed by atoms with Crippen molar-refractivity contribution in [1.29, 1.82) is 0 Å². The van der Waals surface area contributed by atoms with Gasteiger partial charge in [0.2, 0.25) is 0 Å². The van der Waals surface area contributed by atoms with Crippen LogP contribution in [0.4, 0.5) is 0 Å². The van der Waals surface area contributed by atoms with Crippen molar-refractivity contribution in [1.82, 2.24) is 0 Å². The summed E-state index contributed by atoms with van der Waals surface area (Å²) >= 11 is 5.24. The molecule has 0 amide bonds. The van der Waals surface area contributed by atoms with E-state index < -0.39 is 0 Å². The first kappa shape index (κ1) is 8.97. The van der Waals surface area contributed by atoms with Crippen molar-refractivity contribution in [3.63, 3.8) is 0 Å². The Balaban J connectivity index is 2.15. The summed E-state index contributed by atoms with van der Waals surface area (Å²) in [5.41, 5.74) is 1.37. The van der Waals surface area contributed by atoms with E-state index in [0.717, 1.165) is 10.9 Å². The second-order valence-electron chi connectivity index (χ2n) is 2.88. The number of hydrogen-bond donors (Lipinski definition) is 0. The molecule has 0 radical (unpaired) electrons. The highest BCUT2D eigenvalue weighted by Gasteiger charge is 1.96. The molecule has 0 aliphatic carbocycles. The second-order valence-corrected chi connectivity index (χ2v) is 4.83. The summed E-state index contributed by atoms with van der Waals surface area (Å²) in [5, 5.41) is 2.12. The fraction of sp³-hybridized carbons (Fsp3) is 0.0909. The molecule has 0 bridgehead atoms. The lowest BCUT2D eigenvalue weighted by Gasteiger charge is -1.98. The maximum Gasteiger partial charge on any atom is 0.0175 e. The Morgan fingerprint density at radius 3 is 2.46 bits per heavy atom. The third-order valence-corrected chi connectivity index (χ3v) is 3.28. The van der Waals surface area contributed by atoms with Gasteiger partial charge in [0, 0.05) is 15.8 Å². The summed E-state index contributed by atoms with van der Waals surface area (Å²) < 4.78 is 1.14. The highest BCUT2D eigenvalue weighted by molar-refractivity contribution is 9.10. The minimum Gasteiger partial charge on any atom is -0.149 e. The maximum absolute atomic E-state index is 3.43. The van der Waals surface area contributed by atoms with Crippen molar-refractivity contribution in [3.05, 3.63) is 56.7 Å². The Bertz CT molecular complexity index is 361. The SMILES string of the molecule is Brc1ccc(Cc2cccs2)cc1. The van der Waals surface area contributed by atoms with Gasteiger partial charge in [-0.2, -0.15) is 0 Å². The van der Waals surface area contributed by atoms with Crippen LogP contribution in [0.1, 0.15) is 10.4 Å². The molecule has 0 saturated heterocycles. The Morgan fingerprint density at radius 1 is 1.08 bits per heavy atom. The molecular formula is C11H9BrS. The fourth-order valence-electron chi connectivity index (χ4n) is 1.22. The Kier molecular flexibility index (Phi) is 2.81. The zero-order valence-corrected chi connectivity index (χ0v) is 9.44. The molecule has 0 unspecified atom stereocenters. The van der Waals surface area contributed by atoms with Crippen molar-refractivity contribution in [2.45, 2.75) is 6.42 Å². The summed E-state index contributed by atoms with van der Waals surface area (Å²) in [6.07, 6.45) is 1.05. The molecular weight excluding hydrogens is 244 g/mol. The Hall–Kier alpha value is -0.600. The zero-order valence-electron chi connectivity index (χ0n) is 7.03. The van der Waals surface area contributed by atoms with Gasteiger partial charge in [-0.15, -0.1) is 11.3 Å². The summed E-state index contributed by atoms with van der Waals surface area (Å²) in [6, 6.07) is 12.8. The number of halogens is 1.